The summed E-state index contributed by atoms with van der Waals surface area (Å²) < 4.78 is 35.7. The van der Waals surface area contributed by atoms with Crippen LogP contribution in [0.4, 0.5) is 0 Å². The van der Waals surface area contributed by atoms with Crippen LogP contribution in [0.15, 0.2) is 72.0 Å². The van der Waals surface area contributed by atoms with E-state index >= 15 is 0 Å². The number of benzene rings is 2. The van der Waals surface area contributed by atoms with Crippen LogP contribution in [0.3, 0.4) is 0 Å². The smallest absolute Gasteiger partial charge is 0.294 e. The molecule has 2 saturated heterocycles. The molecule has 2 aliphatic heterocycles. The standard InChI is InChI=1S/C20H22N4O.C7H8O3S/c1-24-13-5-6-14(24)10-15(9-13)25-20-12-22-19(11-23-20)16-3-2-4-18-17(16)7-8-21-18;1-6-2-4-7(5-3-6)11(8,9)10/h2-4,7-8,11-15,21H,5-6,9-10H2,1H3;2-5H,1H3,(H,8,9,10). The molecule has 2 N–H and O–H groups in total. The van der Waals surface area contributed by atoms with Crippen molar-refractivity contribution in [1.29, 1.82) is 0 Å². The Bertz CT molecular complexity index is 1420. The zero-order valence-electron chi connectivity index (χ0n) is 20.3. The van der Waals surface area contributed by atoms with Crippen LogP contribution in [0, 0.1) is 6.92 Å². The van der Waals surface area contributed by atoms with Crippen molar-refractivity contribution in [2.75, 3.05) is 7.05 Å². The van der Waals surface area contributed by atoms with Crippen molar-refractivity contribution in [3.05, 3.63) is 72.7 Å². The van der Waals surface area contributed by atoms with Gasteiger partial charge in [-0.2, -0.15) is 8.42 Å². The summed E-state index contributed by atoms with van der Waals surface area (Å²) in [5, 5.41) is 1.16. The van der Waals surface area contributed by atoms with Crippen LogP contribution in [0.25, 0.3) is 22.2 Å². The Morgan fingerprint density at radius 3 is 2.36 bits per heavy atom. The monoisotopic (exact) mass is 506 g/mol. The molecule has 2 unspecified atom stereocenters. The molecular weight excluding hydrogens is 476 g/mol. The highest BCUT2D eigenvalue weighted by Crippen LogP contribution is 2.35. The van der Waals surface area contributed by atoms with Gasteiger partial charge in [0.15, 0.2) is 0 Å². The third-order valence-corrected chi connectivity index (χ3v) is 8.03. The molecule has 36 heavy (non-hydrogen) atoms. The second-order valence-electron chi connectivity index (χ2n) is 9.53. The second kappa shape index (κ2) is 10.0. The molecule has 0 spiro atoms. The lowest BCUT2D eigenvalue weighted by Crippen LogP contribution is -2.43. The van der Waals surface area contributed by atoms with E-state index in [0.717, 1.165) is 40.6 Å². The number of hydrogen-bond donors (Lipinski definition) is 2. The molecule has 2 atom stereocenters. The third kappa shape index (κ3) is 5.28. The SMILES string of the molecule is CN1C2CCC1CC(Oc1cnc(-c3cccc4[nH]ccc34)cn1)C2.Cc1ccc(S(=O)(=O)O)cc1. The second-order valence-corrected chi connectivity index (χ2v) is 11.0. The van der Waals surface area contributed by atoms with Crippen molar-refractivity contribution in [3.63, 3.8) is 0 Å². The summed E-state index contributed by atoms with van der Waals surface area (Å²) in [6.45, 7) is 1.84. The van der Waals surface area contributed by atoms with Crippen molar-refractivity contribution < 1.29 is 17.7 Å². The molecule has 2 fully saturated rings. The van der Waals surface area contributed by atoms with Gasteiger partial charge in [-0.05, 0) is 63.9 Å². The van der Waals surface area contributed by atoms with Gasteiger partial charge in [0, 0.05) is 34.7 Å². The summed E-state index contributed by atoms with van der Waals surface area (Å²) in [7, 11) is -1.77. The molecule has 8 nitrogen and oxygen atoms in total. The Morgan fingerprint density at radius 1 is 1.00 bits per heavy atom. The van der Waals surface area contributed by atoms with Crippen LogP contribution in [0.1, 0.15) is 31.2 Å². The molecule has 9 heteroatoms. The Kier molecular flexibility index (Phi) is 6.79. The fourth-order valence-corrected chi connectivity index (χ4v) is 5.64. The minimum Gasteiger partial charge on any atom is -0.473 e. The molecule has 0 saturated carbocycles. The van der Waals surface area contributed by atoms with Crippen molar-refractivity contribution in [2.24, 2.45) is 0 Å². The van der Waals surface area contributed by atoms with Crippen LogP contribution in [0.5, 0.6) is 5.88 Å². The molecule has 188 valence electrons. The maximum atomic E-state index is 10.5. The van der Waals surface area contributed by atoms with Gasteiger partial charge in [-0.15, -0.1) is 0 Å². The number of nitrogens with one attached hydrogen (secondary N) is 1. The molecular formula is C27H30N4O4S. The van der Waals surface area contributed by atoms with Crippen LogP contribution < -0.4 is 4.74 Å². The van der Waals surface area contributed by atoms with Crippen molar-refractivity contribution in [3.8, 4) is 17.1 Å². The topological polar surface area (TPSA) is 108 Å². The Labute approximate surface area is 211 Å². The fraction of sp³-hybridized carbons (Fsp3) is 0.333. The number of nitrogens with zero attached hydrogens (tertiary/aromatic N) is 3. The molecule has 0 aliphatic carbocycles. The van der Waals surface area contributed by atoms with Gasteiger partial charge in [0.05, 0.1) is 23.0 Å². The highest BCUT2D eigenvalue weighted by atomic mass is 32.2. The number of piperidine rings is 1. The van der Waals surface area contributed by atoms with Crippen molar-refractivity contribution in [2.45, 2.75) is 55.7 Å². The maximum Gasteiger partial charge on any atom is 0.294 e. The molecule has 4 heterocycles. The largest absolute Gasteiger partial charge is 0.473 e. The molecule has 4 aromatic rings. The number of H-pyrrole nitrogens is 1. The van der Waals surface area contributed by atoms with E-state index < -0.39 is 10.1 Å². The van der Waals surface area contributed by atoms with Crippen LogP contribution in [0.2, 0.25) is 0 Å². The lowest BCUT2D eigenvalue weighted by Gasteiger charge is -2.35. The lowest BCUT2D eigenvalue weighted by molar-refractivity contribution is 0.0630. The Morgan fingerprint density at radius 2 is 1.72 bits per heavy atom. The number of aryl methyl sites for hydroxylation is 1. The van der Waals surface area contributed by atoms with Gasteiger partial charge in [0.25, 0.3) is 10.1 Å². The number of hydrogen-bond acceptors (Lipinski definition) is 6. The molecule has 2 aromatic heterocycles. The van der Waals surface area contributed by atoms with Crippen LogP contribution in [-0.4, -0.2) is 58.1 Å². The van der Waals surface area contributed by atoms with Gasteiger partial charge < -0.3 is 14.6 Å². The number of aromatic amines is 1. The van der Waals surface area contributed by atoms with Crippen LogP contribution in [-0.2, 0) is 10.1 Å². The Hall–Kier alpha value is -3.27. The Balaban J connectivity index is 0.000000205. The van der Waals surface area contributed by atoms with E-state index in [-0.39, 0.29) is 11.0 Å². The summed E-state index contributed by atoms with van der Waals surface area (Å²) in [6.07, 6.45) is 10.6. The minimum absolute atomic E-state index is 0.0666. The van der Waals surface area contributed by atoms with Crippen molar-refractivity contribution >= 4 is 21.0 Å². The zero-order chi connectivity index (χ0) is 25.3. The fourth-order valence-electron chi connectivity index (χ4n) is 5.16. The molecule has 0 amide bonds. The summed E-state index contributed by atoms with van der Waals surface area (Å²) >= 11 is 0. The number of aromatic nitrogens is 3. The van der Waals surface area contributed by atoms with E-state index in [4.69, 9.17) is 9.29 Å². The predicted molar refractivity (Wildman–Crippen MR) is 139 cm³/mol. The number of fused-ring (bicyclic) bond motifs is 3. The summed E-state index contributed by atoms with van der Waals surface area (Å²) in [5.74, 6) is 0.638. The number of rotatable bonds is 4. The van der Waals surface area contributed by atoms with Gasteiger partial charge in [0.1, 0.15) is 6.10 Å². The van der Waals surface area contributed by atoms with E-state index in [0.29, 0.717) is 18.0 Å². The minimum atomic E-state index is -4.02. The zero-order valence-corrected chi connectivity index (χ0v) is 21.1. The van der Waals surface area contributed by atoms with Gasteiger partial charge in [-0.25, -0.2) is 9.97 Å². The summed E-state index contributed by atoms with van der Waals surface area (Å²) in [5.41, 5.74) is 4.04. The normalized spacial score (nSPS) is 21.7. The maximum absolute atomic E-state index is 10.5. The average Bonchev–Trinajstić information content (AvgIpc) is 3.40. The van der Waals surface area contributed by atoms with Gasteiger partial charge in [0.2, 0.25) is 5.88 Å². The predicted octanol–water partition coefficient (Wildman–Crippen LogP) is 4.87. The van der Waals surface area contributed by atoms with E-state index in [9.17, 15) is 8.42 Å². The van der Waals surface area contributed by atoms with Gasteiger partial charge in [-0.1, -0.05) is 29.8 Å². The molecule has 2 bridgehead atoms. The third-order valence-electron chi connectivity index (χ3n) is 7.16. The van der Waals surface area contributed by atoms with Gasteiger partial charge in [-0.3, -0.25) is 4.55 Å². The highest BCUT2D eigenvalue weighted by molar-refractivity contribution is 7.85. The number of ether oxygens (including phenoxy) is 1. The first-order valence-electron chi connectivity index (χ1n) is 12.1. The van der Waals surface area contributed by atoms with Gasteiger partial charge >= 0.3 is 0 Å². The first-order valence-corrected chi connectivity index (χ1v) is 13.5. The molecule has 0 radical (unpaired) electrons. The highest BCUT2D eigenvalue weighted by Gasteiger charge is 2.39. The van der Waals surface area contributed by atoms with E-state index in [1.165, 1.54) is 25.0 Å². The average molecular weight is 507 g/mol. The quantitative estimate of drug-likeness (QED) is 0.380. The summed E-state index contributed by atoms with van der Waals surface area (Å²) in [6, 6.07) is 15.6. The first-order chi connectivity index (χ1) is 17.3. The summed E-state index contributed by atoms with van der Waals surface area (Å²) in [4.78, 5) is 14.8. The molecule has 2 aromatic carbocycles. The first kappa shape index (κ1) is 24.4. The van der Waals surface area contributed by atoms with E-state index in [1.54, 1.807) is 18.3 Å². The van der Waals surface area contributed by atoms with E-state index in [2.05, 4.69) is 45.1 Å². The molecule has 2 aliphatic rings. The van der Waals surface area contributed by atoms with Crippen LogP contribution >= 0.6 is 0 Å². The molecule has 6 rings (SSSR count). The van der Waals surface area contributed by atoms with Crippen molar-refractivity contribution in [1.82, 2.24) is 19.9 Å². The van der Waals surface area contributed by atoms with E-state index in [1.807, 2.05) is 25.4 Å². The lowest BCUT2D eigenvalue weighted by atomic mass is 10.0.